The number of phenols is 1. The van der Waals surface area contributed by atoms with Crippen molar-refractivity contribution in [3.05, 3.63) is 40.9 Å². The maximum atomic E-state index is 11.7. The minimum Gasteiger partial charge on any atom is -0.504 e. The van der Waals surface area contributed by atoms with Gasteiger partial charge in [0.2, 0.25) is 16.5 Å². The van der Waals surface area contributed by atoms with Crippen molar-refractivity contribution in [3.8, 4) is 5.75 Å². The van der Waals surface area contributed by atoms with E-state index in [1.165, 1.54) is 12.1 Å². The quantitative estimate of drug-likeness (QED) is 0.463. The maximum Gasteiger partial charge on any atom is 0.298 e. The minimum absolute atomic E-state index is 0.0559. The molecule has 0 aliphatic rings. The van der Waals surface area contributed by atoms with Crippen LogP contribution in [0.15, 0.2) is 35.2 Å². The van der Waals surface area contributed by atoms with Gasteiger partial charge in [-0.05, 0) is 34.7 Å². The summed E-state index contributed by atoms with van der Waals surface area (Å²) in [7, 11) is -4.69. The van der Waals surface area contributed by atoms with Crippen LogP contribution in [0.2, 0.25) is 10.6 Å². The number of nitrogens with zero attached hydrogens (tertiary/aromatic N) is 3. The predicted octanol–water partition coefficient (Wildman–Crippen LogP) is 3.03. The summed E-state index contributed by atoms with van der Waals surface area (Å²) in [5.74, 6) is -0.796. The number of nitrogens with one attached hydrogen (secondary N) is 1. The molecule has 8 nitrogen and oxygen atoms in total. The molecule has 11 heteroatoms. The number of halogens is 2. The van der Waals surface area contributed by atoms with Crippen molar-refractivity contribution in [1.82, 2.24) is 15.0 Å². The van der Waals surface area contributed by atoms with Gasteiger partial charge in [-0.3, -0.25) is 4.55 Å². The maximum absolute atomic E-state index is 11.7. The third kappa shape index (κ3) is 3.20. The molecule has 124 valence electrons. The van der Waals surface area contributed by atoms with Crippen molar-refractivity contribution >= 4 is 55.7 Å². The summed E-state index contributed by atoms with van der Waals surface area (Å²) in [6.45, 7) is 0. The smallest absolute Gasteiger partial charge is 0.298 e. The first-order valence-electron chi connectivity index (χ1n) is 6.32. The number of hydrogen-bond acceptors (Lipinski definition) is 7. The molecule has 0 atom stereocenters. The van der Waals surface area contributed by atoms with Crippen LogP contribution in [-0.4, -0.2) is 33.0 Å². The molecule has 1 heterocycles. The van der Waals surface area contributed by atoms with Gasteiger partial charge in [0, 0.05) is 5.39 Å². The van der Waals surface area contributed by atoms with Crippen molar-refractivity contribution in [2.24, 2.45) is 0 Å². The van der Waals surface area contributed by atoms with Crippen LogP contribution >= 0.6 is 23.2 Å². The van der Waals surface area contributed by atoms with Crippen LogP contribution < -0.4 is 5.32 Å². The Bertz CT molecular complexity index is 1040. The summed E-state index contributed by atoms with van der Waals surface area (Å²) in [4.78, 5) is 10.5. The van der Waals surface area contributed by atoms with Crippen molar-refractivity contribution in [1.29, 1.82) is 0 Å². The van der Waals surface area contributed by atoms with E-state index >= 15 is 0 Å². The molecule has 0 saturated carbocycles. The van der Waals surface area contributed by atoms with Crippen LogP contribution in [0.1, 0.15) is 0 Å². The molecule has 0 saturated heterocycles. The van der Waals surface area contributed by atoms with E-state index in [9.17, 15) is 18.1 Å². The first-order chi connectivity index (χ1) is 11.3. The van der Waals surface area contributed by atoms with Crippen molar-refractivity contribution in [2.45, 2.75) is 4.90 Å². The molecule has 0 unspecified atom stereocenters. The SMILES string of the molecule is O=S(=O)(O)c1c(O)c(Nc2nc(Cl)nc(Cl)n2)cc2ccccc12. The fourth-order valence-corrected chi connectivity index (χ4v) is 3.34. The summed E-state index contributed by atoms with van der Waals surface area (Å²) in [5, 5.41) is 13.1. The van der Waals surface area contributed by atoms with Crippen LogP contribution in [0, 0.1) is 0 Å². The summed E-state index contributed by atoms with van der Waals surface area (Å²) < 4.78 is 32.8. The molecule has 0 bridgehead atoms. The van der Waals surface area contributed by atoms with E-state index in [2.05, 4.69) is 20.3 Å². The summed E-state index contributed by atoms with van der Waals surface area (Å²) in [6, 6.07) is 7.79. The lowest BCUT2D eigenvalue weighted by Crippen LogP contribution is -2.04. The Kier molecular flexibility index (Phi) is 4.18. The lowest BCUT2D eigenvalue weighted by atomic mass is 10.1. The number of rotatable bonds is 3. The van der Waals surface area contributed by atoms with E-state index < -0.39 is 20.8 Å². The Hall–Kier alpha value is -2.20. The van der Waals surface area contributed by atoms with Gasteiger partial charge in [0.15, 0.2) is 5.75 Å². The zero-order valence-corrected chi connectivity index (χ0v) is 13.9. The molecule has 0 fully saturated rings. The van der Waals surface area contributed by atoms with E-state index in [1.54, 1.807) is 18.2 Å². The van der Waals surface area contributed by atoms with E-state index in [4.69, 9.17) is 23.2 Å². The molecule has 0 spiro atoms. The van der Waals surface area contributed by atoms with Gasteiger partial charge in [0.05, 0.1) is 5.69 Å². The number of aromatic hydroxyl groups is 1. The normalized spacial score (nSPS) is 11.6. The van der Waals surface area contributed by atoms with E-state index in [0.717, 1.165) is 0 Å². The zero-order chi connectivity index (χ0) is 17.5. The number of aromatic nitrogens is 3. The Morgan fingerprint density at radius 1 is 1.04 bits per heavy atom. The Morgan fingerprint density at radius 3 is 2.29 bits per heavy atom. The zero-order valence-electron chi connectivity index (χ0n) is 11.6. The molecule has 1 aromatic heterocycles. The third-order valence-electron chi connectivity index (χ3n) is 3.06. The van der Waals surface area contributed by atoms with Crippen molar-refractivity contribution < 1.29 is 18.1 Å². The molecular weight excluding hydrogens is 379 g/mol. The highest BCUT2D eigenvalue weighted by Gasteiger charge is 2.23. The predicted molar refractivity (Wildman–Crippen MR) is 88.6 cm³/mol. The van der Waals surface area contributed by atoms with E-state index in [1.807, 2.05) is 0 Å². The molecule has 0 radical (unpaired) electrons. The minimum atomic E-state index is -4.69. The molecule has 24 heavy (non-hydrogen) atoms. The second-order valence-electron chi connectivity index (χ2n) is 4.62. The molecule has 3 rings (SSSR count). The molecule has 0 amide bonds. The van der Waals surface area contributed by atoms with Gasteiger partial charge in [-0.1, -0.05) is 24.3 Å². The topological polar surface area (TPSA) is 125 Å². The molecule has 0 aliphatic carbocycles. The highest BCUT2D eigenvalue weighted by molar-refractivity contribution is 7.86. The second kappa shape index (κ2) is 6.02. The highest BCUT2D eigenvalue weighted by atomic mass is 35.5. The number of anilines is 2. The average Bonchev–Trinajstić information content (AvgIpc) is 2.45. The van der Waals surface area contributed by atoms with Crippen LogP contribution in [0.4, 0.5) is 11.6 Å². The van der Waals surface area contributed by atoms with E-state index in [-0.39, 0.29) is 27.6 Å². The Labute approximate surface area is 145 Å². The molecular formula is C13H8Cl2N4O4S. The average molecular weight is 387 g/mol. The number of hydrogen-bond donors (Lipinski definition) is 3. The van der Waals surface area contributed by atoms with Gasteiger partial charge in [-0.25, -0.2) is 0 Å². The highest BCUT2D eigenvalue weighted by Crippen LogP contribution is 2.39. The first kappa shape index (κ1) is 16.7. The van der Waals surface area contributed by atoms with Crippen LogP contribution in [0.25, 0.3) is 10.8 Å². The Morgan fingerprint density at radius 2 is 1.67 bits per heavy atom. The van der Waals surface area contributed by atoms with Crippen molar-refractivity contribution in [3.63, 3.8) is 0 Å². The van der Waals surface area contributed by atoms with Crippen LogP contribution in [-0.2, 0) is 10.1 Å². The van der Waals surface area contributed by atoms with Gasteiger partial charge in [-0.15, -0.1) is 0 Å². The number of benzene rings is 2. The van der Waals surface area contributed by atoms with Gasteiger partial charge in [-0.2, -0.15) is 23.4 Å². The number of phenolic OH excluding ortho intramolecular Hbond substituents is 1. The lowest BCUT2D eigenvalue weighted by molar-refractivity contribution is 0.447. The van der Waals surface area contributed by atoms with Gasteiger partial charge < -0.3 is 10.4 Å². The van der Waals surface area contributed by atoms with Crippen LogP contribution in [0.5, 0.6) is 5.75 Å². The third-order valence-corrected chi connectivity index (χ3v) is 4.33. The summed E-state index contributed by atoms with van der Waals surface area (Å²) >= 11 is 11.3. The second-order valence-corrected chi connectivity index (χ2v) is 6.65. The molecule has 3 N–H and O–H groups in total. The molecule has 3 aromatic rings. The van der Waals surface area contributed by atoms with Gasteiger partial charge in [0.25, 0.3) is 10.1 Å². The monoisotopic (exact) mass is 386 g/mol. The largest absolute Gasteiger partial charge is 0.504 e. The summed E-state index contributed by atoms with van der Waals surface area (Å²) in [6.07, 6.45) is 0. The first-order valence-corrected chi connectivity index (χ1v) is 8.51. The van der Waals surface area contributed by atoms with Gasteiger partial charge >= 0.3 is 0 Å². The summed E-state index contributed by atoms with van der Waals surface area (Å²) in [5.41, 5.74) is -0.0559. The fourth-order valence-electron chi connectivity index (χ4n) is 2.16. The number of fused-ring (bicyclic) bond motifs is 1. The standard InChI is InChI=1S/C13H8Cl2N4O4S/c14-11-17-12(15)19-13(18-11)16-8-5-6-3-1-2-4-7(6)10(9(8)20)24(21,22)23/h1-5,20H,(H,21,22,23)(H,16,17,18,19). The van der Waals surface area contributed by atoms with Crippen LogP contribution in [0.3, 0.4) is 0 Å². The molecule has 2 aromatic carbocycles. The lowest BCUT2D eigenvalue weighted by Gasteiger charge is -2.12. The van der Waals surface area contributed by atoms with Crippen molar-refractivity contribution in [2.75, 3.05) is 5.32 Å². The van der Waals surface area contributed by atoms with Gasteiger partial charge in [0.1, 0.15) is 4.90 Å². The molecule has 0 aliphatic heterocycles. The van der Waals surface area contributed by atoms with E-state index in [0.29, 0.717) is 5.39 Å². The fraction of sp³-hybridized carbons (Fsp3) is 0. The Balaban J connectivity index is 2.23.